The monoisotopic (exact) mass is 644 g/mol. The fraction of sp³-hybridized carbons (Fsp3) is 0.208. The Morgan fingerprint density at radius 2 is 0.960 bits per heavy atom. The number of hydrogen-bond donors (Lipinski definition) is 0. The van der Waals surface area contributed by atoms with Crippen molar-refractivity contribution in [3.63, 3.8) is 0 Å². The minimum atomic E-state index is -0.0529. The van der Waals surface area contributed by atoms with Crippen molar-refractivity contribution >= 4 is 32.7 Å². The lowest BCUT2D eigenvalue weighted by molar-refractivity contribution is 0.656. The minimum absolute atomic E-state index is 0.0361. The van der Waals surface area contributed by atoms with Crippen LogP contribution >= 0.6 is 0 Å². The third-order valence-electron chi connectivity index (χ3n) is 12.7. The summed E-state index contributed by atoms with van der Waals surface area (Å²) in [6, 6.07) is 46.4. The molecule has 6 aromatic carbocycles. The maximum atomic E-state index is 2.63. The van der Waals surface area contributed by atoms with E-state index in [0.29, 0.717) is 0 Å². The van der Waals surface area contributed by atoms with Crippen LogP contribution < -0.4 is 0 Å². The van der Waals surface area contributed by atoms with Gasteiger partial charge in [-0.2, -0.15) is 0 Å². The van der Waals surface area contributed by atoms with Crippen LogP contribution in [0, 0.1) is 0 Å². The zero-order valence-corrected chi connectivity index (χ0v) is 29.3. The fourth-order valence-corrected chi connectivity index (χ4v) is 10.2. The molecule has 2 aromatic heterocycles. The molecule has 0 atom stereocenters. The maximum Gasteiger partial charge on any atom is 0.0562 e. The predicted molar refractivity (Wildman–Crippen MR) is 209 cm³/mol. The Morgan fingerprint density at radius 1 is 0.420 bits per heavy atom. The van der Waals surface area contributed by atoms with Crippen molar-refractivity contribution in [3.8, 4) is 33.6 Å². The Morgan fingerprint density at radius 3 is 1.64 bits per heavy atom. The molecule has 0 amide bonds. The zero-order valence-electron chi connectivity index (χ0n) is 29.3. The largest absolute Gasteiger partial charge is 0.313 e. The number of nitrogens with zero attached hydrogens (tertiary/aromatic N) is 2. The Balaban J connectivity index is 1.18. The summed E-state index contributed by atoms with van der Waals surface area (Å²) in [6.45, 7) is 9.54. The van der Waals surface area contributed by atoms with Crippen LogP contribution in [0.3, 0.4) is 0 Å². The molecule has 11 rings (SSSR count). The molecular weight excluding hydrogens is 605 g/mol. The average molecular weight is 645 g/mol. The lowest BCUT2D eigenvalue weighted by Crippen LogP contribution is -2.15. The molecule has 0 unspecified atom stereocenters. The molecule has 2 heterocycles. The molecule has 2 heteroatoms. The summed E-state index contributed by atoms with van der Waals surface area (Å²) in [5, 5.41) is 4.08. The quantitative estimate of drug-likeness (QED) is 0.177. The van der Waals surface area contributed by atoms with Gasteiger partial charge >= 0.3 is 0 Å². The van der Waals surface area contributed by atoms with E-state index in [1.54, 1.807) is 5.56 Å². The molecule has 0 aliphatic heterocycles. The van der Waals surface area contributed by atoms with Gasteiger partial charge in [-0.25, -0.2) is 0 Å². The second-order valence-corrected chi connectivity index (χ2v) is 16.0. The molecule has 50 heavy (non-hydrogen) atoms. The third-order valence-corrected chi connectivity index (χ3v) is 12.7. The second-order valence-electron chi connectivity index (χ2n) is 16.0. The average Bonchev–Trinajstić information content (AvgIpc) is 3.79. The second kappa shape index (κ2) is 9.67. The van der Waals surface area contributed by atoms with Crippen molar-refractivity contribution in [2.24, 2.45) is 0 Å². The maximum absolute atomic E-state index is 2.63. The number of fused-ring (bicyclic) bond motifs is 12. The lowest BCUT2D eigenvalue weighted by Gasteiger charge is -2.23. The van der Waals surface area contributed by atoms with Crippen molar-refractivity contribution in [1.29, 1.82) is 0 Å². The first kappa shape index (κ1) is 28.5. The smallest absolute Gasteiger partial charge is 0.0562 e. The standard InChI is InChI=1S/C48H40N2/c1-47(2)39-17-9-5-13-31(39)33-23-21-29(25-41(33)47)49-43-19-11-7-15-35(43)37-27-38-36-16-8-12-20-44(36)50(46(38)28-45(37)49)30-22-24-34-32-14-6-10-18-40(32)48(3,4)42(34)26-30/h5-7,9-11,13-15,17-19,21-28H,8,12,16,20H2,1-4H3. The van der Waals surface area contributed by atoms with Gasteiger partial charge in [-0.15, -0.1) is 0 Å². The van der Waals surface area contributed by atoms with E-state index in [1.807, 2.05) is 0 Å². The number of rotatable bonds is 2. The van der Waals surface area contributed by atoms with E-state index in [-0.39, 0.29) is 10.8 Å². The van der Waals surface area contributed by atoms with Crippen molar-refractivity contribution in [1.82, 2.24) is 9.13 Å². The minimum Gasteiger partial charge on any atom is -0.313 e. The first-order chi connectivity index (χ1) is 24.3. The van der Waals surface area contributed by atoms with Crippen LogP contribution in [0.1, 0.15) is 74.0 Å². The third kappa shape index (κ3) is 3.54. The molecule has 0 fully saturated rings. The van der Waals surface area contributed by atoms with Crippen LogP contribution in [0.25, 0.3) is 66.3 Å². The zero-order chi connectivity index (χ0) is 33.5. The molecule has 0 N–H and O–H groups in total. The van der Waals surface area contributed by atoms with E-state index in [4.69, 9.17) is 0 Å². The van der Waals surface area contributed by atoms with Gasteiger partial charge in [0.15, 0.2) is 0 Å². The highest BCUT2D eigenvalue weighted by Gasteiger charge is 2.37. The van der Waals surface area contributed by atoms with E-state index in [0.717, 1.165) is 12.8 Å². The first-order valence-electron chi connectivity index (χ1n) is 18.4. The van der Waals surface area contributed by atoms with Crippen molar-refractivity contribution in [2.75, 3.05) is 0 Å². The number of benzene rings is 6. The summed E-state index contributed by atoms with van der Waals surface area (Å²) < 4.78 is 5.16. The van der Waals surface area contributed by atoms with Crippen LogP contribution in [-0.2, 0) is 23.7 Å². The number of aryl methyl sites for hydroxylation is 1. The molecule has 0 bridgehead atoms. The van der Waals surface area contributed by atoms with Gasteiger partial charge in [-0.3, -0.25) is 0 Å². The molecule has 0 saturated carbocycles. The van der Waals surface area contributed by atoms with Gasteiger partial charge in [0.2, 0.25) is 0 Å². The summed E-state index contributed by atoms with van der Waals surface area (Å²) in [6.07, 6.45) is 4.76. The highest BCUT2D eigenvalue weighted by molar-refractivity contribution is 6.14. The van der Waals surface area contributed by atoms with Crippen LogP contribution in [0.2, 0.25) is 0 Å². The molecular formula is C48H40N2. The van der Waals surface area contributed by atoms with E-state index in [2.05, 4.69) is 158 Å². The molecule has 0 spiro atoms. The fourth-order valence-electron chi connectivity index (χ4n) is 10.2. The normalized spacial score (nSPS) is 16.4. The van der Waals surface area contributed by atoms with E-state index < -0.39 is 0 Å². The number of hydrogen-bond acceptors (Lipinski definition) is 0. The summed E-state index contributed by atoms with van der Waals surface area (Å²) in [5.74, 6) is 0. The summed E-state index contributed by atoms with van der Waals surface area (Å²) in [4.78, 5) is 0. The summed E-state index contributed by atoms with van der Waals surface area (Å²) in [7, 11) is 0. The summed E-state index contributed by atoms with van der Waals surface area (Å²) in [5.41, 5.74) is 20.5. The molecule has 8 aromatic rings. The van der Waals surface area contributed by atoms with Crippen molar-refractivity contribution < 1.29 is 0 Å². The highest BCUT2D eigenvalue weighted by Crippen LogP contribution is 2.51. The van der Waals surface area contributed by atoms with E-state index in [1.165, 1.54) is 107 Å². The van der Waals surface area contributed by atoms with Gasteiger partial charge in [-0.05, 0) is 118 Å². The lowest BCUT2D eigenvalue weighted by atomic mass is 9.82. The first-order valence-corrected chi connectivity index (χ1v) is 18.4. The van der Waals surface area contributed by atoms with Gasteiger partial charge in [-0.1, -0.05) is 107 Å². The highest BCUT2D eigenvalue weighted by atomic mass is 15.0. The van der Waals surface area contributed by atoms with Crippen LogP contribution in [0.5, 0.6) is 0 Å². The Labute approximate surface area is 293 Å². The van der Waals surface area contributed by atoms with Crippen LogP contribution in [0.15, 0.2) is 121 Å². The Hall–Kier alpha value is -5.34. The number of para-hydroxylation sites is 1. The summed E-state index contributed by atoms with van der Waals surface area (Å²) >= 11 is 0. The van der Waals surface area contributed by atoms with E-state index in [9.17, 15) is 0 Å². The molecule has 242 valence electrons. The van der Waals surface area contributed by atoms with Gasteiger partial charge in [0, 0.05) is 44.1 Å². The Kier molecular flexibility index (Phi) is 5.51. The SMILES string of the molecule is CC1(C)c2ccccc2-c2ccc(-n3c4c(c5cc6c7ccccc7n(-c7ccc8c(c7)C(C)(C)c7ccccc7-8)c6cc53)CCCC4)cc21. The van der Waals surface area contributed by atoms with Crippen LogP contribution in [0.4, 0.5) is 0 Å². The van der Waals surface area contributed by atoms with Crippen molar-refractivity contribution in [3.05, 3.63) is 155 Å². The Bertz CT molecular complexity index is 2760. The van der Waals surface area contributed by atoms with E-state index >= 15 is 0 Å². The molecule has 0 radical (unpaired) electrons. The molecule has 2 nitrogen and oxygen atoms in total. The topological polar surface area (TPSA) is 9.86 Å². The van der Waals surface area contributed by atoms with Gasteiger partial charge < -0.3 is 9.13 Å². The van der Waals surface area contributed by atoms with Crippen LogP contribution in [-0.4, -0.2) is 9.13 Å². The van der Waals surface area contributed by atoms with Gasteiger partial charge in [0.1, 0.15) is 0 Å². The molecule has 3 aliphatic rings. The predicted octanol–water partition coefficient (Wildman–Crippen LogP) is 12.2. The van der Waals surface area contributed by atoms with Gasteiger partial charge in [0.05, 0.1) is 16.6 Å². The van der Waals surface area contributed by atoms with Crippen molar-refractivity contribution in [2.45, 2.75) is 64.2 Å². The molecule has 3 aliphatic carbocycles. The molecule has 0 saturated heterocycles. The van der Waals surface area contributed by atoms with Gasteiger partial charge in [0.25, 0.3) is 0 Å². The number of aromatic nitrogens is 2.